The number of carbonyl (C=O) groups is 2. The van der Waals surface area contributed by atoms with Gasteiger partial charge in [0.25, 0.3) is 5.91 Å². The standard InChI is InChI=1S/C21H23NO4/c1-15-4-2-7-19(12-15)25-11-10-21(24)26-14-20(23)22-18-9-8-16-5-3-6-17(16)13-18/h2,4,7-9,12-13H,3,5-6,10-11,14H2,1H3,(H,22,23). The van der Waals surface area contributed by atoms with E-state index in [4.69, 9.17) is 9.47 Å². The number of hydrogen-bond acceptors (Lipinski definition) is 4. The number of amides is 1. The lowest BCUT2D eigenvalue weighted by Gasteiger charge is -2.09. The van der Waals surface area contributed by atoms with Crippen LogP contribution in [0.4, 0.5) is 5.69 Å². The highest BCUT2D eigenvalue weighted by Gasteiger charge is 2.13. The van der Waals surface area contributed by atoms with Crippen LogP contribution in [0.2, 0.25) is 0 Å². The third-order valence-electron chi connectivity index (χ3n) is 4.31. The first-order valence-electron chi connectivity index (χ1n) is 8.87. The molecule has 0 heterocycles. The Kier molecular flexibility index (Phi) is 5.89. The van der Waals surface area contributed by atoms with Crippen LogP contribution in [0, 0.1) is 6.92 Å². The molecule has 0 radical (unpaired) electrons. The molecule has 0 aliphatic heterocycles. The number of fused-ring (bicyclic) bond motifs is 1. The number of hydrogen-bond donors (Lipinski definition) is 1. The van der Waals surface area contributed by atoms with Gasteiger partial charge in [0.15, 0.2) is 6.61 Å². The van der Waals surface area contributed by atoms with Crippen molar-refractivity contribution in [3.8, 4) is 5.75 Å². The van der Waals surface area contributed by atoms with E-state index in [1.54, 1.807) is 0 Å². The van der Waals surface area contributed by atoms with E-state index in [1.807, 2.05) is 49.4 Å². The number of ether oxygens (including phenoxy) is 2. The number of nitrogens with one attached hydrogen (secondary N) is 1. The van der Waals surface area contributed by atoms with E-state index in [0.29, 0.717) is 5.75 Å². The molecule has 1 N–H and O–H groups in total. The van der Waals surface area contributed by atoms with Crippen molar-refractivity contribution in [3.63, 3.8) is 0 Å². The first-order chi connectivity index (χ1) is 12.6. The van der Waals surface area contributed by atoms with Crippen molar-refractivity contribution in [1.29, 1.82) is 0 Å². The smallest absolute Gasteiger partial charge is 0.309 e. The summed E-state index contributed by atoms with van der Waals surface area (Å²) in [4.78, 5) is 23.7. The van der Waals surface area contributed by atoms with Gasteiger partial charge in [-0.05, 0) is 67.1 Å². The highest BCUT2D eigenvalue weighted by atomic mass is 16.5. The van der Waals surface area contributed by atoms with Gasteiger partial charge in [0.05, 0.1) is 13.0 Å². The summed E-state index contributed by atoms with van der Waals surface area (Å²) in [6.45, 7) is 1.90. The van der Waals surface area contributed by atoms with Gasteiger partial charge in [-0.1, -0.05) is 18.2 Å². The topological polar surface area (TPSA) is 64.6 Å². The van der Waals surface area contributed by atoms with E-state index in [1.165, 1.54) is 11.1 Å². The van der Waals surface area contributed by atoms with Crippen LogP contribution < -0.4 is 10.1 Å². The molecule has 0 fully saturated rings. The van der Waals surface area contributed by atoms with E-state index in [9.17, 15) is 9.59 Å². The van der Waals surface area contributed by atoms with Crippen LogP contribution in [0.15, 0.2) is 42.5 Å². The van der Waals surface area contributed by atoms with Crippen molar-refractivity contribution in [3.05, 3.63) is 59.2 Å². The number of esters is 1. The van der Waals surface area contributed by atoms with Gasteiger partial charge in [-0.15, -0.1) is 0 Å². The van der Waals surface area contributed by atoms with E-state index < -0.39 is 5.97 Å². The first kappa shape index (κ1) is 18.0. The molecule has 136 valence electrons. The molecule has 0 unspecified atom stereocenters. The maximum Gasteiger partial charge on any atom is 0.309 e. The number of anilines is 1. The lowest BCUT2D eigenvalue weighted by Crippen LogP contribution is -2.21. The average Bonchev–Trinajstić information content (AvgIpc) is 3.08. The van der Waals surface area contributed by atoms with Crippen molar-refractivity contribution < 1.29 is 19.1 Å². The molecule has 0 aromatic heterocycles. The number of rotatable bonds is 7. The zero-order valence-corrected chi connectivity index (χ0v) is 14.9. The lowest BCUT2D eigenvalue weighted by atomic mass is 10.1. The zero-order valence-electron chi connectivity index (χ0n) is 14.9. The quantitative estimate of drug-likeness (QED) is 0.775. The Labute approximate surface area is 153 Å². The second-order valence-corrected chi connectivity index (χ2v) is 6.46. The van der Waals surface area contributed by atoms with Crippen LogP contribution in [0.1, 0.15) is 29.5 Å². The Morgan fingerprint density at radius 2 is 1.92 bits per heavy atom. The van der Waals surface area contributed by atoms with Crippen LogP contribution in [0.5, 0.6) is 5.75 Å². The van der Waals surface area contributed by atoms with E-state index in [-0.39, 0.29) is 25.5 Å². The van der Waals surface area contributed by atoms with Crippen LogP contribution in [-0.2, 0) is 27.2 Å². The van der Waals surface area contributed by atoms with Crippen LogP contribution >= 0.6 is 0 Å². The fourth-order valence-corrected chi connectivity index (χ4v) is 3.02. The summed E-state index contributed by atoms with van der Waals surface area (Å²) in [5, 5.41) is 2.77. The molecular formula is C21H23NO4. The van der Waals surface area contributed by atoms with Crippen LogP contribution in [0.25, 0.3) is 0 Å². The van der Waals surface area contributed by atoms with Crippen molar-refractivity contribution >= 4 is 17.6 Å². The summed E-state index contributed by atoms with van der Waals surface area (Å²) >= 11 is 0. The van der Waals surface area contributed by atoms with Gasteiger partial charge in [0, 0.05) is 5.69 Å². The molecule has 5 nitrogen and oxygen atoms in total. The maximum atomic E-state index is 11.9. The Hall–Kier alpha value is -2.82. The molecular weight excluding hydrogens is 330 g/mol. The molecule has 1 amide bonds. The summed E-state index contributed by atoms with van der Waals surface area (Å²) in [6, 6.07) is 13.5. The van der Waals surface area contributed by atoms with E-state index in [2.05, 4.69) is 5.32 Å². The van der Waals surface area contributed by atoms with Crippen molar-refractivity contribution in [2.75, 3.05) is 18.5 Å². The minimum atomic E-state index is -0.457. The predicted molar refractivity (Wildman–Crippen MR) is 99.3 cm³/mol. The van der Waals surface area contributed by atoms with Gasteiger partial charge in [-0.2, -0.15) is 0 Å². The van der Waals surface area contributed by atoms with Gasteiger partial charge in [0.1, 0.15) is 5.75 Å². The number of benzene rings is 2. The number of aryl methyl sites for hydroxylation is 3. The fraction of sp³-hybridized carbons (Fsp3) is 0.333. The normalized spacial score (nSPS) is 12.3. The molecule has 0 atom stereocenters. The van der Waals surface area contributed by atoms with E-state index >= 15 is 0 Å². The molecule has 26 heavy (non-hydrogen) atoms. The molecule has 0 saturated carbocycles. The van der Waals surface area contributed by atoms with Crippen LogP contribution in [0.3, 0.4) is 0 Å². The molecule has 2 aromatic carbocycles. The molecule has 0 saturated heterocycles. The molecule has 1 aliphatic rings. The monoisotopic (exact) mass is 353 g/mol. The summed E-state index contributed by atoms with van der Waals surface area (Å²) in [7, 11) is 0. The fourth-order valence-electron chi connectivity index (χ4n) is 3.02. The summed E-state index contributed by atoms with van der Waals surface area (Å²) < 4.78 is 10.5. The zero-order chi connectivity index (χ0) is 18.4. The second kappa shape index (κ2) is 8.52. The van der Waals surface area contributed by atoms with Crippen molar-refractivity contribution in [2.45, 2.75) is 32.6 Å². The molecule has 3 rings (SSSR count). The van der Waals surface area contributed by atoms with Gasteiger partial charge in [0.2, 0.25) is 0 Å². The number of carbonyl (C=O) groups excluding carboxylic acids is 2. The van der Waals surface area contributed by atoms with Crippen LogP contribution in [-0.4, -0.2) is 25.1 Å². The predicted octanol–water partition coefficient (Wildman–Crippen LogP) is 3.43. The van der Waals surface area contributed by atoms with Gasteiger partial charge < -0.3 is 14.8 Å². The minimum absolute atomic E-state index is 0.0973. The van der Waals surface area contributed by atoms with Gasteiger partial charge in [-0.25, -0.2) is 0 Å². The summed E-state index contributed by atoms with van der Waals surface area (Å²) in [5.41, 5.74) is 4.47. The molecule has 0 spiro atoms. The second-order valence-electron chi connectivity index (χ2n) is 6.46. The third-order valence-corrected chi connectivity index (χ3v) is 4.31. The SMILES string of the molecule is Cc1cccc(OCCC(=O)OCC(=O)Nc2ccc3c(c2)CCC3)c1. The van der Waals surface area contributed by atoms with Crippen molar-refractivity contribution in [2.24, 2.45) is 0 Å². The molecule has 1 aliphatic carbocycles. The summed E-state index contributed by atoms with van der Waals surface area (Å²) in [6.07, 6.45) is 3.41. The average molecular weight is 353 g/mol. The van der Waals surface area contributed by atoms with Gasteiger partial charge >= 0.3 is 5.97 Å². The summed E-state index contributed by atoms with van der Waals surface area (Å²) in [5.74, 6) is -0.0789. The maximum absolute atomic E-state index is 11.9. The first-order valence-corrected chi connectivity index (χ1v) is 8.87. The molecule has 2 aromatic rings. The Morgan fingerprint density at radius 1 is 1.08 bits per heavy atom. The highest BCUT2D eigenvalue weighted by Crippen LogP contribution is 2.24. The lowest BCUT2D eigenvalue weighted by molar-refractivity contribution is -0.147. The Balaban J connectivity index is 1.36. The third kappa shape index (κ3) is 5.09. The van der Waals surface area contributed by atoms with Gasteiger partial charge in [-0.3, -0.25) is 9.59 Å². The molecule has 5 heteroatoms. The minimum Gasteiger partial charge on any atom is -0.493 e. The highest BCUT2D eigenvalue weighted by molar-refractivity contribution is 5.92. The largest absolute Gasteiger partial charge is 0.493 e. The van der Waals surface area contributed by atoms with Crippen molar-refractivity contribution in [1.82, 2.24) is 0 Å². The van der Waals surface area contributed by atoms with E-state index in [0.717, 1.165) is 30.5 Å². The Morgan fingerprint density at radius 3 is 2.77 bits per heavy atom. The Bertz CT molecular complexity index is 800. The molecule has 0 bridgehead atoms.